The number of aliphatic hydroxyl groups excluding tert-OH is 1. The molecule has 1 N–H and O–H groups in total. The van der Waals surface area contributed by atoms with Crippen LogP contribution in [0.1, 0.15) is 5.56 Å². The average molecular weight is 468 g/mol. The Labute approximate surface area is 199 Å². The van der Waals surface area contributed by atoms with Crippen LogP contribution in [0.25, 0.3) is 11.3 Å². The summed E-state index contributed by atoms with van der Waals surface area (Å²) >= 11 is 0. The Morgan fingerprint density at radius 2 is 1.91 bits per heavy atom. The van der Waals surface area contributed by atoms with Crippen molar-refractivity contribution >= 4 is 0 Å². The highest BCUT2D eigenvalue weighted by Gasteiger charge is 2.23. The van der Waals surface area contributed by atoms with Gasteiger partial charge in [0.05, 0.1) is 24.9 Å². The first-order chi connectivity index (χ1) is 16.5. The van der Waals surface area contributed by atoms with Crippen molar-refractivity contribution in [3.8, 4) is 35.2 Å². The number of hydrogen-bond acceptors (Lipinski definition) is 6. The molecule has 0 aliphatic rings. The molecule has 0 amide bonds. The highest BCUT2D eigenvalue weighted by Crippen LogP contribution is 2.34. The minimum atomic E-state index is -0.733. The molecule has 2 aromatic carbocycles. The predicted octanol–water partition coefficient (Wildman–Crippen LogP) is 3.48. The van der Waals surface area contributed by atoms with Gasteiger partial charge in [-0.3, -0.25) is 4.90 Å². The molecule has 0 saturated heterocycles. The molecule has 0 saturated carbocycles. The lowest BCUT2D eigenvalue weighted by molar-refractivity contribution is 0.0206. The predicted molar refractivity (Wildman–Crippen MR) is 128 cm³/mol. The van der Waals surface area contributed by atoms with E-state index in [9.17, 15) is 9.50 Å². The Morgan fingerprint density at radius 3 is 2.59 bits per heavy atom. The number of hydrogen-bond donors (Lipinski definition) is 1. The maximum atomic E-state index is 13.4. The van der Waals surface area contributed by atoms with Crippen molar-refractivity contribution in [1.29, 1.82) is 0 Å². The Hall–Kier alpha value is -3.22. The number of benzene rings is 2. The van der Waals surface area contributed by atoms with Gasteiger partial charge in [0.25, 0.3) is 0 Å². The second kappa shape index (κ2) is 12.9. The van der Waals surface area contributed by atoms with E-state index in [0.717, 1.165) is 16.8 Å². The monoisotopic (exact) mass is 467 g/mol. The molecular weight excluding hydrogens is 437 g/mol. The van der Waals surface area contributed by atoms with E-state index in [4.69, 9.17) is 25.7 Å². The molecule has 3 aromatic rings. The molecule has 1 atom stereocenters. The zero-order valence-electron chi connectivity index (χ0n) is 19.5. The van der Waals surface area contributed by atoms with Crippen LogP contribution in [0.4, 0.5) is 4.39 Å². The Balaban J connectivity index is 1.92. The molecule has 0 aliphatic heterocycles. The maximum Gasteiger partial charge on any atom is 0.222 e. The van der Waals surface area contributed by atoms with E-state index in [2.05, 4.69) is 5.92 Å². The first kappa shape index (κ1) is 25.4. The zero-order chi connectivity index (χ0) is 24.3. The van der Waals surface area contributed by atoms with Crippen molar-refractivity contribution in [2.45, 2.75) is 12.6 Å². The van der Waals surface area contributed by atoms with Crippen molar-refractivity contribution in [2.24, 2.45) is 7.05 Å². The van der Waals surface area contributed by atoms with Gasteiger partial charge in [-0.25, -0.2) is 9.07 Å². The van der Waals surface area contributed by atoms with Gasteiger partial charge in [0, 0.05) is 39.4 Å². The lowest BCUT2D eigenvalue weighted by atomic mass is 10.1. The molecule has 34 heavy (non-hydrogen) atoms. The first-order valence-corrected chi connectivity index (χ1v) is 11.0. The van der Waals surface area contributed by atoms with Crippen molar-refractivity contribution in [1.82, 2.24) is 14.7 Å². The van der Waals surface area contributed by atoms with Crippen molar-refractivity contribution in [3.05, 3.63) is 66.0 Å². The van der Waals surface area contributed by atoms with E-state index < -0.39 is 6.10 Å². The summed E-state index contributed by atoms with van der Waals surface area (Å²) in [6.45, 7) is 2.10. The fourth-order valence-electron chi connectivity index (χ4n) is 3.55. The van der Waals surface area contributed by atoms with Crippen LogP contribution < -0.4 is 4.74 Å². The second-order valence-electron chi connectivity index (χ2n) is 7.78. The van der Waals surface area contributed by atoms with Gasteiger partial charge in [-0.2, -0.15) is 5.10 Å². The van der Waals surface area contributed by atoms with Gasteiger partial charge in [0.1, 0.15) is 23.9 Å². The zero-order valence-corrected chi connectivity index (χ0v) is 19.5. The van der Waals surface area contributed by atoms with Crippen LogP contribution in [-0.4, -0.2) is 65.9 Å². The van der Waals surface area contributed by atoms with Crippen LogP contribution >= 0.6 is 0 Å². The lowest BCUT2D eigenvalue weighted by Crippen LogP contribution is -2.36. The van der Waals surface area contributed by atoms with Gasteiger partial charge in [-0.05, 0) is 24.3 Å². The number of methoxy groups -OCH3 is 1. The van der Waals surface area contributed by atoms with Gasteiger partial charge < -0.3 is 19.3 Å². The van der Waals surface area contributed by atoms with Gasteiger partial charge >= 0.3 is 0 Å². The topological polar surface area (TPSA) is 69.0 Å². The molecule has 0 spiro atoms. The fraction of sp³-hybridized carbons (Fsp3) is 0.346. The Bertz CT molecular complexity index is 1060. The van der Waals surface area contributed by atoms with E-state index in [1.165, 1.54) is 12.1 Å². The van der Waals surface area contributed by atoms with E-state index in [1.807, 2.05) is 35.2 Å². The van der Waals surface area contributed by atoms with Crippen molar-refractivity contribution in [3.63, 3.8) is 0 Å². The van der Waals surface area contributed by atoms with E-state index in [-0.39, 0.29) is 19.0 Å². The quantitative estimate of drug-likeness (QED) is 0.307. The number of aromatic nitrogens is 2. The van der Waals surface area contributed by atoms with Gasteiger partial charge in [-0.1, -0.05) is 36.3 Å². The smallest absolute Gasteiger partial charge is 0.222 e. The molecule has 3 rings (SSSR count). The minimum absolute atomic E-state index is 0.130. The molecule has 1 heterocycles. The number of aryl methyl sites for hydroxylation is 1. The number of aliphatic hydroxyl groups is 1. The number of ether oxygens (including phenoxy) is 3. The highest BCUT2D eigenvalue weighted by atomic mass is 19.1. The normalized spacial score (nSPS) is 12.0. The number of rotatable bonds is 13. The first-order valence-electron chi connectivity index (χ1n) is 11.0. The third kappa shape index (κ3) is 7.14. The molecule has 1 unspecified atom stereocenters. The summed E-state index contributed by atoms with van der Waals surface area (Å²) < 4.78 is 31.8. The summed E-state index contributed by atoms with van der Waals surface area (Å²) in [4.78, 5) is 2.05. The van der Waals surface area contributed by atoms with Crippen LogP contribution in [0.3, 0.4) is 0 Å². The maximum absolute atomic E-state index is 13.4. The van der Waals surface area contributed by atoms with Crippen LogP contribution in [-0.2, 0) is 23.1 Å². The SMILES string of the molecule is C#CCOCC(O)CN(CCOC)Cc1c(-c2ccccc2)nn(C)c1Oc1ccc(F)cc1. The molecule has 0 fully saturated rings. The molecule has 0 radical (unpaired) electrons. The highest BCUT2D eigenvalue weighted by molar-refractivity contribution is 5.65. The van der Waals surface area contributed by atoms with Crippen LogP contribution in [0.2, 0.25) is 0 Å². The summed E-state index contributed by atoms with van der Waals surface area (Å²) in [5.41, 5.74) is 2.54. The molecule has 0 bridgehead atoms. The largest absolute Gasteiger partial charge is 0.439 e. The van der Waals surface area contributed by atoms with Crippen molar-refractivity contribution < 1.29 is 23.7 Å². The van der Waals surface area contributed by atoms with Crippen LogP contribution in [0, 0.1) is 18.2 Å². The number of nitrogens with zero attached hydrogens (tertiary/aromatic N) is 3. The molecule has 180 valence electrons. The lowest BCUT2D eigenvalue weighted by Gasteiger charge is -2.25. The second-order valence-corrected chi connectivity index (χ2v) is 7.78. The molecule has 7 nitrogen and oxygen atoms in total. The van der Waals surface area contributed by atoms with E-state index in [0.29, 0.717) is 37.9 Å². The number of terminal acetylenes is 1. The summed E-state index contributed by atoms with van der Waals surface area (Å²) in [6.07, 6.45) is 4.49. The van der Waals surface area contributed by atoms with E-state index >= 15 is 0 Å². The van der Waals surface area contributed by atoms with Gasteiger partial charge in [-0.15, -0.1) is 6.42 Å². The summed E-state index contributed by atoms with van der Waals surface area (Å²) in [5, 5.41) is 15.2. The average Bonchev–Trinajstić information content (AvgIpc) is 3.14. The van der Waals surface area contributed by atoms with Gasteiger partial charge in [0.15, 0.2) is 0 Å². The van der Waals surface area contributed by atoms with Crippen LogP contribution in [0.5, 0.6) is 11.6 Å². The van der Waals surface area contributed by atoms with Gasteiger partial charge in [0.2, 0.25) is 5.88 Å². The summed E-state index contributed by atoms with van der Waals surface area (Å²) in [6, 6.07) is 15.6. The minimum Gasteiger partial charge on any atom is -0.439 e. The molecule has 0 aliphatic carbocycles. The number of halogens is 1. The van der Waals surface area contributed by atoms with E-state index in [1.54, 1.807) is 31.0 Å². The third-order valence-corrected chi connectivity index (χ3v) is 5.12. The molecule has 1 aromatic heterocycles. The van der Waals surface area contributed by atoms with Crippen molar-refractivity contribution in [2.75, 3.05) is 40.0 Å². The Kier molecular flexibility index (Phi) is 9.62. The molecular formula is C26H30FN3O4. The fourth-order valence-corrected chi connectivity index (χ4v) is 3.55. The molecule has 8 heteroatoms. The summed E-state index contributed by atoms with van der Waals surface area (Å²) in [5.74, 6) is 3.09. The standard InChI is InChI=1S/C26H30FN3O4/c1-4-15-33-19-22(31)17-30(14-16-32-3)18-24-25(20-8-6-5-7-9-20)28-29(2)26(24)34-23-12-10-21(27)11-13-23/h1,5-13,22,31H,14-19H2,2-3H3. The van der Waals surface area contributed by atoms with Crippen LogP contribution in [0.15, 0.2) is 54.6 Å². The Morgan fingerprint density at radius 1 is 1.18 bits per heavy atom. The third-order valence-electron chi connectivity index (χ3n) is 5.12. The summed E-state index contributed by atoms with van der Waals surface area (Å²) in [7, 11) is 3.43.